The maximum atomic E-state index is 13.1. The Bertz CT molecular complexity index is 839. The zero-order chi connectivity index (χ0) is 19.7. The number of ether oxygens (including phenoxy) is 1. The van der Waals surface area contributed by atoms with Gasteiger partial charge in [-0.15, -0.1) is 0 Å². The van der Waals surface area contributed by atoms with Crippen molar-refractivity contribution < 1.29 is 14.1 Å². The number of carbonyl (C=O) groups is 1. The van der Waals surface area contributed by atoms with Crippen LogP contribution >= 0.6 is 0 Å². The molecule has 4 heterocycles. The molecule has 0 aliphatic carbocycles. The molecule has 152 valence electrons. The molecule has 2 aliphatic rings. The molecule has 2 aromatic rings. The van der Waals surface area contributed by atoms with Gasteiger partial charge in [0.1, 0.15) is 0 Å². The largest absolute Gasteiger partial charge is 0.381 e. The standard InChI is InChI=1S/C20H29N5O3/c1-4-25-14(2)16(12-21-25)18(26)24-9-5-8-20(3,13-24)19-22-17(28-23-19)15-6-10-27-11-7-15/h12,15H,4-11,13H2,1-3H3. The molecular formula is C20H29N5O3. The summed E-state index contributed by atoms with van der Waals surface area (Å²) in [4.78, 5) is 19.8. The number of amides is 1. The second-order valence-electron chi connectivity index (χ2n) is 8.19. The topological polar surface area (TPSA) is 86.3 Å². The van der Waals surface area contributed by atoms with Gasteiger partial charge in [-0.25, -0.2) is 0 Å². The van der Waals surface area contributed by atoms with E-state index in [2.05, 4.69) is 17.2 Å². The summed E-state index contributed by atoms with van der Waals surface area (Å²) in [7, 11) is 0. The van der Waals surface area contributed by atoms with Gasteiger partial charge in [0.2, 0.25) is 5.89 Å². The van der Waals surface area contributed by atoms with Crippen LogP contribution in [0.5, 0.6) is 0 Å². The lowest BCUT2D eigenvalue weighted by Crippen LogP contribution is -2.47. The van der Waals surface area contributed by atoms with Crippen LogP contribution in [0.4, 0.5) is 0 Å². The number of piperidine rings is 1. The van der Waals surface area contributed by atoms with E-state index < -0.39 is 0 Å². The lowest BCUT2D eigenvalue weighted by molar-refractivity contribution is 0.0641. The van der Waals surface area contributed by atoms with Crippen molar-refractivity contribution in [3.05, 3.63) is 29.2 Å². The molecule has 0 spiro atoms. The predicted molar refractivity (Wildman–Crippen MR) is 102 cm³/mol. The summed E-state index contributed by atoms with van der Waals surface area (Å²) in [6.07, 6.45) is 5.39. The van der Waals surface area contributed by atoms with Crippen molar-refractivity contribution in [2.45, 2.75) is 64.3 Å². The van der Waals surface area contributed by atoms with Crippen molar-refractivity contribution in [1.29, 1.82) is 0 Å². The summed E-state index contributed by atoms with van der Waals surface area (Å²) in [6, 6.07) is 0. The van der Waals surface area contributed by atoms with Gasteiger partial charge in [-0.2, -0.15) is 10.1 Å². The number of likely N-dealkylation sites (tertiary alicyclic amines) is 1. The number of hydrogen-bond donors (Lipinski definition) is 0. The van der Waals surface area contributed by atoms with Crippen LogP contribution in [0.25, 0.3) is 0 Å². The first-order chi connectivity index (χ1) is 13.5. The highest BCUT2D eigenvalue weighted by atomic mass is 16.5. The number of aromatic nitrogens is 4. The minimum absolute atomic E-state index is 0.0382. The van der Waals surface area contributed by atoms with Crippen LogP contribution in [0.3, 0.4) is 0 Å². The lowest BCUT2D eigenvalue weighted by atomic mass is 9.81. The summed E-state index contributed by atoms with van der Waals surface area (Å²) < 4.78 is 12.9. The molecule has 0 saturated carbocycles. The van der Waals surface area contributed by atoms with Crippen molar-refractivity contribution in [3.63, 3.8) is 0 Å². The van der Waals surface area contributed by atoms with Crippen molar-refractivity contribution in [2.24, 2.45) is 0 Å². The van der Waals surface area contributed by atoms with Gasteiger partial charge in [-0.3, -0.25) is 9.48 Å². The fourth-order valence-electron chi connectivity index (χ4n) is 4.33. The second-order valence-corrected chi connectivity index (χ2v) is 8.19. The highest BCUT2D eigenvalue weighted by Crippen LogP contribution is 2.34. The maximum absolute atomic E-state index is 13.1. The monoisotopic (exact) mass is 387 g/mol. The Labute approximate surface area is 165 Å². The zero-order valence-electron chi connectivity index (χ0n) is 17.0. The quantitative estimate of drug-likeness (QED) is 0.802. The number of carbonyl (C=O) groups excluding carboxylic acids is 1. The summed E-state index contributed by atoms with van der Waals surface area (Å²) in [5, 5.41) is 8.63. The predicted octanol–water partition coefficient (Wildman–Crippen LogP) is 2.68. The molecule has 0 bridgehead atoms. The van der Waals surface area contributed by atoms with Crippen LogP contribution in [-0.2, 0) is 16.7 Å². The summed E-state index contributed by atoms with van der Waals surface area (Å²) in [5.74, 6) is 1.74. The average molecular weight is 387 g/mol. The molecule has 0 aromatic carbocycles. The molecule has 28 heavy (non-hydrogen) atoms. The third-order valence-corrected chi connectivity index (χ3v) is 6.17. The highest BCUT2D eigenvalue weighted by molar-refractivity contribution is 5.95. The van der Waals surface area contributed by atoms with Gasteiger partial charge in [0.05, 0.1) is 11.8 Å². The van der Waals surface area contributed by atoms with Gasteiger partial charge in [-0.05, 0) is 39.5 Å². The van der Waals surface area contributed by atoms with E-state index in [1.165, 1.54) is 0 Å². The molecule has 2 aromatic heterocycles. The van der Waals surface area contributed by atoms with Crippen LogP contribution in [0.15, 0.2) is 10.7 Å². The van der Waals surface area contributed by atoms with E-state index in [1.54, 1.807) is 6.20 Å². The Morgan fingerprint density at radius 2 is 2.14 bits per heavy atom. The first-order valence-corrected chi connectivity index (χ1v) is 10.3. The van der Waals surface area contributed by atoms with Gasteiger partial charge in [-0.1, -0.05) is 12.1 Å². The summed E-state index contributed by atoms with van der Waals surface area (Å²) in [6.45, 7) is 9.69. The van der Waals surface area contributed by atoms with E-state index in [-0.39, 0.29) is 17.2 Å². The molecule has 2 aliphatic heterocycles. The minimum atomic E-state index is -0.296. The SMILES string of the molecule is CCn1ncc(C(=O)N2CCCC(C)(c3noc(C4CCOCC4)n3)C2)c1C. The first kappa shape index (κ1) is 19.1. The Balaban J connectivity index is 1.51. The van der Waals surface area contributed by atoms with Crippen LogP contribution < -0.4 is 0 Å². The van der Waals surface area contributed by atoms with E-state index in [9.17, 15) is 4.79 Å². The maximum Gasteiger partial charge on any atom is 0.257 e. The van der Waals surface area contributed by atoms with Crippen molar-refractivity contribution in [2.75, 3.05) is 26.3 Å². The van der Waals surface area contributed by atoms with Crippen molar-refractivity contribution in [3.8, 4) is 0 Å². The summed E-state index contributed by atoms with van der Waals surface area (Å²) >= 11 is 0. The van der Waals surface area contributed by atoms with E-state index in [4.69, 9.17) is 14.2 Å². The number of rotatable bonds is 4. The molecule has 0 N–H and O–H groups in total. The van der Waals surface area contributed by atoms with Gasteiger partial charge in [0.15, 0.2) is 5.82 Å². The molecule has 1 amide bonds. The third-order valence-electron chi connectivity index (χ3n) is 6.17. The fraction of sp³-hybridized carbons (Fsp3) is 0.700. The smallest absolute Gasteiger partial charge is 0.257 e. The Hall–Kier alpha value is -2.22. The molecule has 8 heteroatoms. The molecule has 0 radical (unpaired) electrons. The Kier molecular flexibility index (Phi) is 5.23. The van der Waals surface area contributed by atoms with E-state index in [0.717, 1.165) is 57.7 Å². The normalized spacial score (nSPS) is 23.9. The Morgan fingerprint density at radius 3 is 2.86 bits per heavy atom. The molecule has 1 unspecified atom stereocenters. The average Bonchev–Trinajstić information content (AvgIpc) is 3.35. The van der Waals surface area contributed by atoms with Crippen LogP contribution in [-0.4, -0.2) is 57.0 Å². The minimum Gasteiger partial charge on any atom is -0.381 e. The van der Waals surface area contributed by atoms with Crippen LogP contribution in [0, 0.1) is 6.92 Å². The molecule has 8 nitrogen and oxygen atoms in total. The first-order valence-electron chi connectivity index (χ1n) is 10.3. The molecule has 4 rings (SSSR count). The Morgan fingerprint density at radius 1 is 1.36 bits per heavy atom. The van der Waals surface area contributed by atoms with Gasteiger partial charge in [0.25, 0.3) is 5.91 Å². The van der Waals surface area contributed by atoms with Gasteiger partial charge >= 0.3 is 0 Å². The van der Waals surface area contributed by atoms with Crippen LogP contribution in [0.2, 0.25) is 0 Å². The fourth-order valence-corrected chi connectivity index (χ4v) is 4.33. The summed E-state index contributed by atoms with van der Waals surface area (Å²) in [5.41, 5.74) is 1.30. The third kappa shape index (κ3) is 3.45. The molecule has 2 fully saturated rings. The van der Waals surface area contributed by atoms with Crippen molar-refractivity contribution in [1.82, 2.24) is 24.8 Å². The van der Waals surface area contributed by atoms with Crippen molar-refractivity contribution >= 4 is 5.91 Å². The molecule has 1 atom stereocenters. The van der Waals surface area contributed by atoms with E-state index in [0.29, 0.717) is 23.8 Å². The number of nitrogens with zero attached hydrogens (tertiary/aromatic N) is 5. The highest BCUT2D eigenvalue weighted by Gasteiger charge is 2.39. The van der Waals surface area contributed by atoms with Gasteiger partial charge < -0.3 is 14.2 Å². The number of hydrogen-bond acceptors (Lipinski definition) is 6. The second kappa shape index (κ2) is 7.66. The van der Waals surface area contributed by atoms with Crippen LogP contribution in [0.1, 0.15) is 73.2 Å². The van der Waals surface area contributed by atoms with E-state index >= 15 is 0 Å². The zero-order valence-corrected chi connectivity index (χ0v) is 17.0. The lowest BCUT2D eigenvalue weighted by Gasteiger charge is -2.38. The van der Waals surface area contributed by atoms with E-state index in [1.807, 2.05) is 23.4 Å². The van der Waals surface area contributed by atoms with Gasteiger partial charge in [0, 0.05) is 49.9 Å². The number of aryl methyl sites for hydroxylation is 1. The molecule has 2 saturated heterocycles. The molecular weight excluding hydrogens is 358 g/mol.